The van der Waals surface area contributed by atoms with Crippen LogP contribution in [0.15, 0.2) is 36.5 Å². The third-order valence-electron chi connectivity index (χ3n) is 2.50. The predicted octanol–water partition coefficient (Wildman–Crippen LogP) is 3.19. The number of nitriles is 1. The van der Waals surface area contributed by atoms with E-state index in [1.54, 1.807) is 43.6 Å². The number of nitrogens with zero attached hydrogens (tertiary/aromatic N) is 2. The summed E-state index contributed by atoms with van der Waals surface area (Å²) in [5, 5.41) is 9.30. The molecule has 0 saturated heterocycles. The molecular formula is C14H11ClN2O2. The van der Waals surface area contributed by atoms with Crippen molar-refractivity contribution in [2.45, 2.75) is 6.61 Å². The highest BCUT2D eigenvalue weighted by atomic mass is 35.5. The molecule has 0 aliphatic heterocycles. The lowest BCUT2D eigenvalue weighted by Gasteiger charge is -2.10. The van der Waals surface area contributed by atoms with Gasteiger partial charge in [-0.05, 0) is 30.3 Å². The Morgan fingerprint density at radius 1 is 1.32 bits per heavy atom. The van der Waals surface area contributed by atoms with Gasteiger partial charge < -0.3 is 9.47 Å². The van der Waals surface area contributed by atoms with Gasteiger partial charge in [-0.15, -0.1) is 0 Å². The summed E-state index contributed by atoms with van der Waals surface area (Å²) in [6, 6.07) is 10.7. The molecule has 0 radical (unpaired) electrons. The van der Waals surface area contributed by atoms with Crippen LogP contribution in [-0.4, -0.2) is 12.1 Å². The minimum atomic E-state index is 0.294. The number of hydrogen-bond acceptors (Lipinski definition) is 4. The molecule has 0 aliphatic rings. The lowest BCUT2D eigenvalue weighted by molar-refractivity contribution is 0.295. The van der Waals surface area contributed by atoms with E-state index >= 15 is 0 Å². The molecule has 0 spiro atoms. The summed E-state index contributed by atoms with van der Waals surface area (Å²) < 4.78 is 10.8. The van der Waals surface area contributed by atoms with Crippen molar-refractivity contribution in [2.75, 3.05) is 7.11 Å². The molecule has 1 aromatic heterocycles. The number of rotatable bonds is 4. The smallest absolute Gasteiger partial charge is 0.138 e. The van der Waals surface area contributed by atoms with Crippen LogP contribution in [0.3, 0.4) is 0 Å². The molecule has 0 unspecified atom stereocenters. The Labute approximate surface area is 116 Å². The van der Waals surface area contributed by atoms with E-state index in [0.29, 0.717) is 28.8 Å². The molecule has 1 aromatic carbocycles. The Kier molecular flexibility index (Phi) is 4.22. The highest BCUT2D eigenvalue weighted by Crippen LogP contribution is 2.22. The number of methoxy groups -OCH3 is 1. The molecule has 4 nitrogen and oxygen atoms in total. The maximum absolute atomic E-state index is 8.89. The van der Waals surface area contributed by atoms with Gasteiger partial charge in [-0.2, -0.15) is 5.26 Å². The number of aromatic nitrogens is 1. The Hall–Kier alpha value is -2.25. The van der Waals surface area contributed by atoms with E-state index in [4.69, 9.17) is 26.3 Å². The zero-order valence-corrected chi connectivity index (χ0v) is 11.0. The van der Waals surface area contributed by atoms with Crippen molar-refractivity contribution < 1.29 is 9.47 Å². The summed E-state index contributed by atoms with van der Waals surface area (Å²) in [6.07, 6.45) is 1.54. The molecule has 96 valence electrons. The molecule has 0 N–H and O–H groups in total. The summed E-state index contributed by atoms with van der Waals surface area (Å²) in [7, 11) is 1.58. The van der Waals surface area contributed by atoms with Crippen LogP contribution in [-0.2, 0) is 6.61 Å². The second-order valence-corrected chi connectivity index (χ2v) is 4.13. The minimum Gasteiger partial charge on any atom is -0.496 e. The minimum absolute atomic E-state index is 0.294. The normalized spacial score (nSPS) is 9.74. The van der Waals surface area contributed by atoms with Crippen LogP contribution in [0.5, 0.6) is 11.5 Å². The molecule has 19 heavy (non-hydrogen) atoms. The number of halogens is 1. The average Bonchev–Trinajstić information content (AvgIpc) is 2.46. The van der Waals surface area contributed by atoms with E-state index in [-0.39, 0.29) is 0 Å². The molecule has 2 rings (SSSR count). The van der Waals surface area contributed by atoms with Crippen LogP contribution in [0, 0.1) is 11.3 Å². The van der Waals surface area contributed by atoms with Gasteiger partial charge in [-0.3, -0.25) is 0 Å². The first kappa shape index (κ1) is 13.2. The van der Waals surface area contributed by atoms with E-state index in [2.05, 4.69) is 11.1 Å². The van der Waals surface area contributed by atoms with Gasteiger partial charge in [0, 0.05) is 5.56 Å². The second kappa shape index (κ2) is 6.07. The van der Waals surface area contributed by atoms with Crippen LogP contribution in [0.1, 0.15) is 11.1 Å². The van der Waals surface area contributed by atoms with E-state index in [1.807, 2.05) is 0 Å². The Morgan fingerprint density at radius 3 is 2.79 bits per heavy atom. The molecule has 0 amide bonds. The third kappa shape index (κ3) is 3.36. The van der Waals surface area contributed by atoms with Crippen molar-refractivity contribution in [3.63, 3.8) is 0 Å². The van der Waals surface area contributed by atoms with Gasteiger partial charge in [-0.25, -0.2) is 4.98 Å². The van der Waals surface area contributed by atoms with Crippen LogP contribution in [0.25, 0.3) is 0 Å². The van der Waals surface area contributed by atoms with Crippen molar-refractivity contribution in [3.8, 4) is 17.6 Å². The number of benzene rings is 1. The molecule has 0 fully saturated rings. The fourth-order valence-electron chi connectivity index (χ4n) is 1.57. The molecular weight excluding hydrogens is 264 g/mol. The first-order chi connectivity index (χ1) is 9.22. The number of hydrogen-bond donors (Lipinski definition) is 0. The number of pyridine rings is 1. The average molecular weight is 275 g/mol. The van der Waals surface area contributed by atoms with Gasteiger partial charge >= 0.3 is 0 Å². The van der Waals surface area contributed by atoms with Crippen LogP contribution in [0.2, 0.25) is 5.15 Å². The zero-order chi connectivity index (χ0) is 13.7. The largest absolute Gasteiger partial charge is 0.496 e. The Balaban J connectivity index is 2.14. The standard InChI is InChI=1S/C14H11ClN2O2/c1-18-13-4-2-10(7-16)6-11(13)9-19-12-3-5-14(15)17-8-12/h2-6,8H,9H2,1H3. The maximum atomic E-state index is 8.89. The zero-order valence-electron chi connectivity index (χ0n) is 10.3. The van der Waals surface area contributed by atoms with Gasteiger partial charge in [-0.1, -0.05) is 11.6 Å². The molecule has 0 aliphatic carbocycles. The van der Waals surface area contributed by atoms with E-state index in [1.165, 1.54) is 0 Å². The Bertz CT molecular complexity index is 606. The van der Waals surface area contributed by atoms with E-state index in [9.17, 15) is 0 Å². The first-order valence-electron chi connectivity index (χ1n) is 5.54. The monoisotopic (exact) mass is 274 g/mol. The van der Waals surface area contributed by atoms with E-state index in [0.717, 1.165) is 5.56 Å². The summed E-state index contributed by atoms with van der Waals surface area (Å²) in [5.41, 5.74) is 1.37. The van der Waals surface area contributed by atoms with Gasteiger partial charge in [0.15, 0.2) is 0 Å². The molecule has 0 atom stereocenters. The lowest BCUT2D eigenvalue weighted by Crippen LogP contribution is -1.99. The highest BCUT2D eigenvalue weighted by molar-refractivity contribution is 6.29. The fourth-order valence-corrected chi connectivity index (χ4v) is 1.68. The SMILES string of the molecule is COc1ccc(C#N)cc1COc1ccc(Cl)nc1. The summed E-state index contributed by atoms with van der Waals surface area (Å²) >= 11 is 5.69. The summed E-state index contributed by atoms with van der Waals surface area (Å²) in [4.78, 5) is 3.92. The topological polar surface area (TPSA) is 55.1 Å². The Morgan fingerprint density at radius 2 is 2.16 bits per heavy atom. The molecule has 1 heterocycles. The van der Waals surface area contributed by atoms with Crippen molar-refractivity contribution in [2.24, 2.45) is 0 Å². The second-order valence-electron chi connectivity index (χ2n) is 3.74. The van der Waals surface area contributed by atoms with Crippen molar-refractivity contribution in [3.05, 3.63) is 52.8 Å². The highest BCUT2D eigenvalue weighted by Gasteiger charge is 2.06. The molecule has 2 aromatic rings. The van der Waals surface area contributed by atoms with E-state index < -0.39 is 0 Å². The molecule has 0 saturated carbocycles. The van der Waals surface area contributed by atoms with Gasteiger partial charge in [0.25, 0.3) is 0 Å². The molecule has 0 bridgehead atoms. The van der Waals surface area contributed by atoms with Gasteiger partial charge in [0.2, 0.25) is 0 Å². The first-order valence-corrected chi connectivity index (χ1v) is 5.92. The predicted molar refractivity (Wildman–Crippen MR) is 71.3 cm³/mol. The molecule has 5 heteroatoms. The van der Waals surface area contributed by atoms with Crippen LogP contribution in [0.4, 0.5) is 0 Å². The van der Waals surface area contributed by atoms with Gasteiger partial charge in [0.1, 0.15) is 23.3 Å². The van der Waals surface area contributed by atoms with Crippen LogP contribution >= 0.6 is 11.6 Å². The maximum Gasteiger partial charge on any atom is 0.138 e. The number of ether oxygens (including phenoxy) is 2. The quantitative estimate of drug-likeness (QED) is 0.804. The van der Waals surface area contributed by atoms with Gasteiger partial charge in [0.05, 0.1) is 24.9 Å². The van der Waals surface area contributed by atoms with Crippen molar-refractivity contribution in [1.82, 2.24) is 4.98 Å². The summed E-state index contributed by atoms with van der Waals surface area (Å²) in [6.45, 7) is 0.294. The van der Waals surface area contributed by atoms with Crippen LogP contribution < -0.4 is 9.47 Å². The van der Waals surface area contributed by atoms with Crippen molar-refractivity contribution in [1.29, 1.82) is 5.26 Å². The summed E-state index contributed by atoms with van der Waals surface area (Å²) in [5.74, 6) is 1.29. The lowest BCUT2D eigenvalue weighted by atomic mass is 10.1. The van der Waals surface area contributed by atoms with Crippen molar-refractivity contribution >= 4 is 11.6 Å². The fraction of sp³-hybridized carbons (Fsp3) is 0.143. The third-order valence-corrected chi connectivity index (χ3v) is 2.73.